The maximum absolute atomic E-state index is 13.6. The molecule has 1 aliphatic rings. The first kappa shape index (κ1) is 15.4. The largest absolute Gasteiger partial charge is 0.508 e. The van der Waals surface area contributed by atoms with Crippen LogP contribution in [-0.4, -0.2) is 22.5 Å². The molecule has 1 aromatic heterocycles. The van der Waals surface area contributed by atoms with Gasteiger partial charge in [-0.1, -0.05) is 6.07 Å². The summed E-state index contributed by atoms with van der Waals surface area (Å²) < 4.78 is 27.1. The monoisotopic (exact) mass is 318 g/mol. The molecule has 23 heavy (non-hydrogen) atoms. The fraction of sp³-hybridized carbons (Fsp3) is 0.294. The molecule has 1 amide bonds. The van der Waals surface area contributed by atoms with Crippen molar-refractivity contribution >= 4 is 5.91 Å². The molecule has 0 bridgehead atoms. The van der Waals surface area contributed by atoms with E-state index in [2.05, 4.69) is 10.3 Å². The molecule has 2 atom stereocenters. The van der Waals surface area contributed by atoms with Crippen molar-refractivity contribution in [2.45, 2.75) is 18.8 Å². The van der Waals surface area contributed by atoms with Crippen LogP contribution < -0.4 is 5.32 Å². The number of phenolic OH excluding ortho intramolecular Hbond substituents is 1. The van der Waals surface area contributed by atoms with E-state index in [0.29, 0.717) is 0 Å². The Bertz CT molecular complexity index is 699. The number of aromatic hydroxyl groups is 1. The van der Waals surface area contributed by atoms with Gasteiger partial charge >= 0.3 is 0 Å². The number of hydrogen-bond acceptors (Lipinski definition) is 3. The van der Waals surface area contributed by atoms with E-state index in [-0.39, 0.29) is 36.3 Å². The minimum atomic E-state index is -0.809. The van der Waals surface area contributed by atoms with E-state index in [1.165, 1.54) is 0 Å². The number of phenols is 1. The molecule has 1 heterocycles. The molecular weight excluding hydrogens is 302 g/mol. The molecule has 0 unspecified atom stereocenters. The second-order valence-electron chi connectivity index (χ2n) is 5.66. The number of halogens is 2. The van der Waals surface area contributed by atoms with Crippen LogP contribution in [0.4, 0.5) is 8.78 Å². The van der Waals surface area contributed by atoms with Crippen molar-refractivity contribution in [1.82, 2.24) is 10.3 Å². The van der Waals surface area contributed by atoms with Crippen LogP contribution in [0.15, 0.2) is 36.7 Å². The summed E-state index contributed by atoms with van der Waals surface area (Å²) in [5.74, 6) is -2.11. The zero-order valence-corrected chi connectivity index (χ0v) is 12.3. The van der Waals surface area contributed by atoms with Crippen molar-refractivity contribution in [3.8, 4) is 5.75 Å². The molecule has 1 saturated carbocycles. The Morgan fingerprint density at radius 3 is 2.74 bits per heavy atom. The van der Waals surface area contributed by atoms with Gasteiger partial charge in [-0.25, -0.2) is 8.78 Å². The highest BCUT2D eigenvalue weighted by Gasteiger charge is 2.43. The molecule has 0 radical (unpaired) electrons. The van der Waals surface area contributed by atoms with Gasteiger partial charge in [-0.2, -0.15) is 0 Å². The Kier molecular flexibility index (Phi) is 4.23. The summed E-state index contributed by atoms with van der Waals surface area (Å²) in [6.07, 6.45) is 4.23. The number of nitrogens with one attached hydrogen (secondary N) is 1. The maximum atomic E-state index is 13.6. The number of amides is 1. The number of carbonyl (C=O) groups is 1. The van der Waals surface area contributed by atoms with Gasteiger partial charge in [0.1, 0.15) is 17.4 Å². The third-order valence-corrected chi connectivity index (χ3v) is 4.04. The van der Waals surface area contributed by atoms with E-state index in [9.17, 15) is 13.6 Å². The minimum absolute atomic E-state index is 0.0357. The highest BCUT2D eigenvalue weighted by molar-refractivity contribution is 5.82. The quantitative estimate of drug-likeness (QED) is 0.890. The molecule has 1 aliphatic carbocycles. The number of pyridine rings is 1. The lowest BCUT2D eigenvalue weighted by Crippen LogP contribution is -2.28. The van der Waals surface area contributed by atoms with E-state index in [4.69, 9.17) is 5.11 Å². The van der Waals surface area contributed by atoms with Crippen molar-refractivity contribution in [2.75, 3.05) is 6.54 Å². The molecule has 2 aromatic rings. The summed E-state index contributed by atoms with van der Waals surface area (Å²) in [4.78, 5) is 16.1. The van der Waals surface area contributed by atoms with Crippen molar-refractivity contribution < 1.29 is 18.7 Å². The smallest absolute Gasteiger partial charge is 0.223 e. The zero-order valence-electron chi connectivity index (χ0n) is 12.3. The third kappa shape index (κ3) is 3.47. The van der Waals surface area contributed by atoms with Gasteiger partial charge in [-0.3, -0.25) is 9.78 Å². The van der Waals surface area contributed by atoms with E-state index < -0.39 is 17.4 Å². The molecule has 0 aliphatic heterocycles. The predicted molar refractivity (Wildman–Crippen MR) is 79.8 cm³/mol. The molecule has 120 valence electrons. The normalized spacial score (nSPS) is 19.4. The van der Waals surface area contributed by atoms with Crippen LogP contribution in [0.25, 0.3) is 0 Å². The SMILES string of the molecule is O=C(NCCc1c(F)cc(O)cc1F)[C@@H]1C[C@H]1c1cccnc1. The Morgan fingerprint density at radius 2 is 2.09 bits per heavy atom. The lowest BCUT2D eigenvalue weighted by atomic mass is 10.1. The predicted octanol–water partition coefficient (Wildman–Crippen LogP) is 2.53. The molecular formula is C17H16F2N2O2. The summed E-state index contributed by atoms with van der Waals surface area (Å²) in [7, 11) is 0. The number of rotatable bonds is 5. The Balaban J connectivity index is 1.51. The first-order valence-electron chi connectivity index (χ1n) is 7.41. The van der Waals surface area contributed by atoms with Crippen LogP contribution in [0.2, 0.25) is 0 Å². The minimum Gasteiger partial charge on any atom is -0.508 e. The Hall–Kier alpha value is -2.50. The van der Waals surface area contributed by atoms with Gasteiger partial charge in [0.05, 0.1) is 0 Å². The van der Waals surface area contributed by atoms with Crippen molar-refractivity contribution in [1.29, 1.82) is 0 Å². The molecule has 3 rings (SSSR count). The highest BCUT2D eigenvalue weighted by atomic mass is 19.1. The summed E-state index contributed by atoms with van der Waals surface area (Å²) in [6.45, 7) is 0.147. The molecule has 6 heteroatoms. The van der Waals surface area contributed by atoms with Crippen LogP contribution in [0, 0.1) is 17.6 Å². The van der Waals surface area contributed by atoms with Crippen LogP contribution in [0.1, 0.15) is 23.5 Å². The fourth-order valence-corrected chi connectivity index (χ4v) is 2.72. The van der Waals surface area contributed by atoms with Crippen LogP contribution in [-0.2, 0) is 11.2 Å². The van der Waals surface area contributed by atoms with Crippen molar-refractivity contribution in [3.63, 3.8) is 0 Å². The average molecular weight is 318 g/mol. The van der Waals surface area contributed by atoms with Gasteiger partial charge in [-0.15, -0.1) is 0 Å². The van der Waals surface area contributed by atoms with Crippen LogP contribution in [0.3, 0.4) is 0 Å². The van der Waals surface area contributed by atoms with Crippen LogP contribution in [0.5, 0.6) is 5.75 Å². The lowest BCUT2D eigenvalue weighted by Gasteiger charge is -2.08. The molecule has 0 saturated heterocycles. The number of nitrogens with zero attached hydrogens (tertiary/aromatic N) is 1. The van der Waals surface area contributed by atoms with Gasteiger partial charge in [0.2, 0.25) is 5.91 Å². The number of benzene rings is 1. The maximum Gasteiger partial charge on any atom is 0.223 e. The van der Waals surface area contributed by atoms with Crippen LogP contribution >= 0.6 is 0 Å². The summed E-state index contributed by atoms with van der Waals surface area (Å²) in [6, 6.07) is 5.49. The van der Waals surface area contributed by atoms with Crippen molar-refractivity contribution in [2.24, 2.45) is 5.92 Å². The first-order chi connectivity index (χ1) is 11.1. The summed E-state index contributed by atoms with van der Waals surface area (Å²) >= 11 is 0. The second-order valence-corrected chi connectivity index (χ2v) is 5.66. The topological polar surface area (TPSA) is 62.2 Å². The highest BCUT2D eigenvalue weighted by Crippen LogP contribution is 2.47. The molecule has 1 aromatic carbocycles. The standard InChI is InChI=1S/C17H16F2N2O2/c18-15-6-11(22)7-16(19)12(15)3-5-21-17(23)14-8-13(14)10-2-1-4-20-9-10/h1-2,4,6-7,9,13-14,22H,3,5,8H2,(H,21,23)/t13-,14+/m0/s1. The molecule has 0 spiro atoms. The molecule has 2 N–H and O–H groups in total. The van der Waals surface area contributed by atoms with Crippen molar-refractivity contribution in [3.05, 3.63) is 59.4 Å². The number of hydrogen-bond donors (Lipinski definition) is 2. The summed E-state index contributed by atoms with van der Waals surface area (Å²) in [5.41, 5.74) is 0.894. The number of aromatic nitrogens is 1. The van der Waals surface area contributed by atoms with Gasteiger partial charge in [0.15, 0.2) is 0 Å². The zero-order chi connectivity index (χ0) is 16.4. The third-order valence-electron chi connectivity index (χ3n) is 4.04. The van der Waals surface area contributed by atoms with Gasteiger partial charge in [0, 0.05) is 42.6 Å². The first-order valence-corrected chi connectivity index (χ1v) is 7.41. The molecule has 4 nitrogen and oxygen atoms in total. The fourth-order valence-electron chi connectivity index (χ4n) is 2.72. The second kappa shape index (κ2) is 6.32. The number of carbonyl (C=O) groups excluding carboxylic acids is 1. The van der Waals surface area contributed by atoms with Gasteiger partial charge in [0.25, 0.3) is 0 Å². The van der Waals surface area contributed by atoms with E-state index in [0.717, 1.165) is 24.1 Å². The van der Waals surface area contributed by atoms with E-state index >= 15 is 0 Å². The van der Waals surface area contributed by atoms with Gasteiger partial charge < -0.3 is 10.4 Å². The Morgan fingerprint density at radius 1 is 1.35 bits per heavy atom. The average Bonchev–Trinajstić information content (AvgIpc) is 3.31. The lowest BCUT2D eigenvalue weighted by molar-refractivity contribution is -0.122. The van der Waals surface area contributed by atoms with Gasteiger partial charge in [-0.05, 0) is 30.4 Å². The van der Waals surface area contributed by atoms with E-state index in [1.54, 1.807) is 12.4 Å². The van der Waals surface area contributed by atoms with E-state index in [1.807, 2.05) is 12.1 Å². The summed E-state index contributed by atoms with van der Waals surface area (Å²) in [5, 5.41) is 11.8. The molecule has 1 fully saturated rings. The Labute approximate surface area is 132 Å².